The first-order valence-electron chi connectivity index (χ1n) is 10.0. The predicted molar refractivity (Wildman–Crippen MR) is 119 cm³/mol. The van der Waals surface area contributed by atoms with E-state index >= 15 is 0 Å². The number of nitrogens with zero attached hydrogens (tertiary/aromatic N) is 2. The van der Waals surface area contributed by atoms with Crippen LogP contribution in [0.15, 0.2) is 36.5 Å². The number of ether oxygens (including phenoxy) is 1. The number of hydrogen-bond acceptors (Lipinski definition) is 6. The number of benzene rings is 1. The van der Waals surface area contributed by atoms with E-state index in [1.54, 1.807) is 6.20 Å². The zero-order valence-corrected chi connectivity index (χ0v) is 18.7. The zero-order chi connectivity index (χ0) is 24.2. The third-order valence-electron chi connectivity index (χ3n) is 4.83. The third-order valence-corrected chi connectivity index (χ3v) is 5.87. The molecule has 0 saturated carbocycles. The second kappa shape index (κ2) is 10.2. The molecule has 0 unspecified atom stereocenters. The first kappa shape index (κ1) is 24.5. The molecule has 11 heteroatoms. The number of halogens is 3. The standard InChI is InChI=1S/C20H21N3O2S.C2HF3O2/c1-3-25-17-6-8-21-20-16(17)11-18(26-20)19(24)22-15-5-4-13-7-9-23(2)12-14(13)10-15;3-2(4,5)1(6)7/h4-6,8,10-11H,3,7,9,12H2,1-2H3,(H,22,24);(H,6,7). The van der Waals surface area contributed by atoms with E-state index in [-0.39, 0.29) is 5.91 Å². The van der Waals surface area contributed by atoms with Crippen LogP contribution in [0, 0.1) is 0 Å². The van der Waals surface area contributed by atoms with Crippen molar-refractivity contribution in [3.63, 3.8) is 0 Å². The smallest absolute Gasteiger partial charge is 0.490 e. The normalized spacial score (nSPS) is 13.6. The summed E-state index contributed by atoms with van der Waals surface area (Å²) in [7, 11) is 2.12. The summed E-state index contributed by atoms with van der Waals surface area (Å²) in [5.74, 6) is -2.10. The van der Waals surface area contributed by atoms with Gasteiger partial charge in [-0.25, -0.2) is 9.78 Å². The van der Waals surface area contributed by atoms with Crippen LogP contribution in [0.2, 0.25) is 0 Å². The summed E-state index contributed by atoms with van der Waals surface area (Å²) in [5.41, 5.74) is 3.49. The van der Waals surface area contributed by atoms with Crippen LogP contribution in [0.25, 0.3) is 10.2 Å². The molecule has 0 atom stereocenters. The Bertz CT molecular complexity index is 1160. The number of hydrogen-bond donors (Lipinski definition) is 2. The summed E-state index contributed by atoms with van der Waals surface area (Å²) in [5, 5.41) is 11.0. The molecule has 1 aliphatic heterocycles. The predicted octanol–water partition coefficient (Wildman–Crippen LogP) is 4.57. The van der Waals surface area contributed by atoms with Crippen molar-refractivity contribution in [1.82, 2.24) is 9.88 Å². The van der Waals surface area contributed by atoms with E-state index in [0.717, 1.165) is 41.2 Å². The van der Waals surface area contributed by atoms with Crippen LogP contribution in [0.5, 0.6) is 5.75 Å². The van der Waals surface area contributed by atoms with Crippen molar-refractivity contribution in [1.29, 1.82) is 0 Å². The van der Waals surface area contributed by atoms with Crippen molar-refractivity contribution >= 4 is 39.1 Å². The Morgan fingerprint density at radius 1 is 1.24 bits per heavy atom. The highest BCUT2D eigenvalue weighted by atomic mass is 32.1. The molecule has 1 amide bonds. The van der Waals surface area contributed by atoms with Gasteiger partial charge in [-0.15, -0.1) is 11.3 Å². The Kier molecular flexibility index (Phi) is 7.54. The number of carboxylic acids is 1. The zero-order valence-electron chi connectivity index (χ0n) is 17.9. The van der Waals surface area contributed by atoms with Crippen LogP contribution in [-0.2, 0) is 17.8 Å². The first-order valence-corrected chi connectivity index (χ1v) is 10.8. The molecule has 3 heterocycles. The molecule has 4 rings (SSSR count). The van der Waals surface area contributed by atoms with E-state index in [9.17, 15) is 18.0 Å². The maximum atomic E-state index is 12.7. The Balaban J connectivity index is 0.000000383. The highest BCUT2D eigenvalue weighted by molar-refractivity contribution is 7.20. The number of fused-ring (bicyclic) bond motifs is 2. The Morgan fingerprint density at radius 3 is 2.64 bits per heavy atom. The van der Waals surface area contributed by atoms with Gasteiger partial charge in [0.25, 0.3) is 5.91 Å². The Morgan fingerprint density at radius 2 is 1.97 bits per heavy atom. The SMILES string of the molecule is CCOc1ccnc2sc(C(=O)Nc3ccc4c(c3)CN(C)CC4)cc12.O=C(O)C(F)(F)F. The van der Waals surface area contributed by atoms with Crippen LogP contribution in [0.4, 0.5) is 18.9 Å². The topological polar surface area (TPSA) is 91.8 Å². The molecule has 0 bridgehead atoms. The highest BCUT2D eigenvalue weighted by Crippen LogP contribution is 2.32. The second-order valence-corrected chi connectivity index (χ2v) is 8.33. The first-order chi connectivity index (χ1) is 15.6. The van der Waals surface area contributed by atoms with Crippen molar-refractivity contribution in [3.05, 3.63) is 52.5 Å². The molecule has 0 aliphatic carbocycles. The number of amides is 1. The van der Waals surface area contributed by atoms with Gasteiger partial charge in [-0.1, -0.05) is 6.07 Å². The van der Waals surface area contributed by atoms with Crippen molar-refractivity contribution in [2.45, 2.75) is 26.1 Å². The van der Waals surface area contributed by atoms with Gasteiger partial charge in [0.15, 0.2) is 0 Å². The molecule has 0 spiro atoms. The van der Waals surface area contributed by atoms with Gasteiger partial charge in [-0.05, 0) is 55.8 Å². The fraction of sp³-hybridized carbons (Fsp3) is 0.318. The number of rotatable bonds is 4. The van der Waals surface area contributed by atoms with E-state index in [0.29, 0.717) is 11.5 Å². The third kappa shape index (κ3) is 6.20. The monoisotopic (exact) mass is 481 g/mol. The summed E-state index contributed by atoms with van der Waals surface area (Å²) in [6.07, 6.45) is -2.31. The summed E-state index contributed by atoms with van der Waals surface area (Å²) in [4.78, 5) is 29.7. The Hall–Kier alpha value is -3.18. The van der Waals surface area contributed by atoms with Crippen molar-refractivity contribution in [2.24, 2.45) is 0 Å². The molecule has 33 heavy (non-hydrogen) atoms. The maximum absolute atomic E-state index is 12.7. The molecule has 0 fully saturated rings. The molecule has 0 radical (unpaired) electrons. The number of aliphatic carboxylic acids is 1. The van der Waals surface area contributed by atoms with Crippen LogP contribution < -0.4 is 10.1 Å². The highest BCUT2D eigenvalue weighted by Gasteiger charge is 2.38. The molecule has 0 saturated heterocycles. The molecular formula is C22H22F3N3O4S. The number of alkyl halides is 3. The second-order valence-electron chi connectivity index (χ2n) is 7.30. The summed E-state index contributed by atoms with van der Waals surface area (Å²) in [6, 6.07) is 9.89. The molecule has 1 aliphatic rings. The van der Waals surface area contributed by atoms with Gasteiger partial charge in [-0.2, -0.15) is 13.2 Å². The van der Waals surface area contributed by atoms with Gasteiger partial charge in [0, 0.05) is 25.0 Å². The van der Waals surface area contributed by atoms with Crippen molar-refractivity contribution in [3.8, 4) is 5.75 Å². The lowest BCUT2D eigenvalue weighted by atomic mass is 9.99. The van der Waals surface area contributed by atoms with Gasteiger partial charge < -0.3 is 20.1 Å². The molecule has 3 aromatic rings. The van der Waals surface area contributed by atoms with Gasteiger partial charge in [0.2, 0.25) is 0 Å². The largest absolute Gasteiger partial charge is 0.493 e. The number of carboxylic acid groups (broad SMARTS) is 1. The summed E-state index contributed by atoms with van der Waals surface area (Å²) < 4.78 is 37.4. The van der Waals surface area contributed by atoms with E-state index in [4.69, 9.17) is 14.6 Å². The van der Waals surface area contributed by atoms with Gasteiger partial charge >= 0.3 is 12.1 Å². The van der Waals surface area contributed by atoms with Crippen LogP contribution in [-0.4, -0.2) is 53.2 Å². The van der Waals surface area contributed by atoms with E-state index in [1.165, 1.54) is 22.5 Å². The fourth-order valence-corrected chi connectivity index (χ4v) is 4.19. The molecule has 176 valence electrons. The molecule has 2 aromatic heterocycles. The maximum Gasteiger partial charge on any atom is 0.490 e. The number of carbonyl (C=O) groups excluding carboxylic acids is 1. The molecule has 1 aromatic carbocycles. The molecular weight excluding hydrogens is 459 g/mol. The lowest BCUT2D eigenvalue weighted by molar-refractivity contribution is -0.192. The minimum atomic E-state index is -5.08. The van der Waals surface area contributed by atoms with E-state index in [2.05, 4.69) is 34.4 Å². The number of pyridine rings is 1. The minimum Gasteiger partial charge on any atom is -0.493 e. The lowest BCUT2D eigenvalue weighted by Crippen LogP contribution is -2.26. The molecule has 2 N–H and O–H groups in total. The quantitative estimate of drug-likeness (QED) is 0.567. The van der Waals surface area contributed by atoms with Gasteiger partial charge in [0.1, 0.15) is 10.6 Å². The number of aromatic nitrogens is 1. The minimum absolute atomic E-state index is 0.112. The number of carbonyl (C=O) groups is 2. The number of likely N-dealkylation sites (N-methyl/N-ethyl adjacent to an activating group) is 1. The van der Waals surface area contributed by atoms with E-state index < -0.39 is 12.1 Å². The Labute approximate surface area is 191 Å². The van der Waals surface area contributed by atoms with Crippen LogP contribution >= 0.6 is 11.3 Å². The fourth-order valence-electron chi connectivity index (χ4n) is 3.28. The van der Waals surface area contributed by atoms with Crippen LogP contribution in [0.1, 0.15) is 27.7 Å². The van der Waals surface area contributed by atoms with Crippen LogP contribution in [0.3, 0.4) is 0 Å². The average molecular weight is 481 g/mol. The van der Waals surface area contributed by atoms with E-state index in [1.807, 2.05) is 25.1 Å². The van der Waals surface area contributed by atoms with Crippen molar-refractivity contribution in [2.75, 3.05) is 25.5 Å². The number of nitrogens with one attached hydrogen (secondary N) is 1. The summed E-state index contributed by atoms with van der Waals surface area (Å²) >= 11 is 1.38. The average Bonchev–Trinajstić information content (AvgIpc) is 3.19. The molecule has 7 nitrogen and oxygen atoms in total. The lowest BCUT2D eigenvalue weighted by Gasteiger charge is -2.25. The van der Waals surface area contributed by atoms with Gasteiger partial charge in [-0.3, -0.25) is 4.79 Å². The van der Waals surface area contributed by atoms with Gasteiger partial charge in [0.05, 0.1) is 16.9 Å². The number of thiophene rings is 1. The van der Waals surface area contributed by atoms with Crippen molar-refractivity contribution < 1.29 is 32.6 Å². The number of anilines is 1. The summed E-state index contributed by atoms with van der Waals surface area (Å²) in [6.45, 7) is 4.53.